The van der Waals surface area contributed by atoms with Gasteiger partial charge in [-0.25, -0.2) is 0 Å². The van der Waals surface area contributed by atoms with Crippen LogP contribution < -0.4 is 0 Å². The summed E-state index contributed by atoms with van der Waals surface area (Å²) in [4.78, 5) is 0. The van der Waals surface area contributed by atoms with Gasteiger partial charge in [0, 0.05) is 0 Å². The van der Waals surface area contributed by atoms with Gasteiger partial charge in [-0.15, -0.1) is 0 Å². The molecule has 0 aliphatic heterocycles. The van der Waals surface area contributed by atoms with Crippen molar-refractivity contribution in [1.29, 1.82) is 0 Å². The van der Waals surface area contributed by atoms with Crippen LogP contribution in [0.1, 0.15) is 0 Å². The van der Waals surface area contributed by atoms with E-state index >= 15 is 0 Å². The van der Waals surface area contributed by atoms with Crippen LogP contribution in [0.15, 0.2) is 22.8 Å². The summed E-state index contributed by atoms with van der Waals surface area (Å²) in [5.74, 6) is 0. The van der Waals surface area contributed by atoms with E-state index < -0.39 is 0 Å². The molecule has 0 saturated heterocycles. The van der Waals surface area contributed by atoms with Crippen LogP contribution in [0.5, 0.6) is 0 Å². The van der Waals surface area contributed by atoms with Gasteiger partial charge < -0.3 is 4.42 Å². The zero-order chi connectivity index (χ0) is 3.54. The van der Waals surface area contributed by atoms with Gasteiger partial charge in [0.05, 0.1) is 6.26 Å². The lowest BCUT2D eigenvalue weighted by Gasteiger charge is -1.48. The monoisotopic (exact) mass is 97.0 g/mol. The number of rotatable bonds is 0. The Morgan fingerprint density at radius 3 is 2.50 bits per heavy atom. The summed E-state index contributed by atoms with van der Waals surface area (Å²) >= 11 is 0. The van der Waals surface area contributed by atoms with Crippen molar-refractivity contribution in [2.75, 3.05) is 0 Å². The highest BCUT2D eigenvalue weighted by Crippen LogP contribution is 1.78. The van der Waals surface area contributed by atoms with Crippen LogP contribution in [-0.4, -0.2) is 17.4 Å². The summed E-state index contributed by atoms with van der Waals surface area (Å²) in [5, 5.41) is 0. The zero-order valence-electron chi connectivity index (χ0n) is 2.64. The van der Waals surface area contributed by atoms with Crippen LogP contribution in [0.25, 0.3) is 0 Å². The summed E-state index contributed by atoms with van der Waals surface area (Å²) in [6.07, 6.45) is 4.06. The van der Waals surface area contributed by atoms with Crippen molar-refractivity contribution < 1.29 is 4.42 Å². The zero-order valence-corrected chi connectivity index (χ0v) is 2.64. The van der Waals surface area contributed by atoms with Crippen molar-refractivity contribution in [3.63, 3.8) is 0 Å². The van der Waals surface area contributed by atoms with Gasteiger partial charge in [0.1, 0.15) is 0 Å². The topological polar surface area (TPSA) is 13.1 Å². The molecule has 0 N–H and O–H groups in total. The van der Waals surface area contributed by atoms with Crippen molar-refractivity contribution in [2.24, 2.45) is 0 Å². The second-order valence-electron chi connectivity index (χ2n) is 0.731. The Labute approximate surface area is 47.1 Å². The van der Waals surface area contributed by atoms with Crippen molar-refractivity contribution in [3.05, 3.63) is 24.7 Å². The van der Waals surface area contributed by atoms with Gasteiger partial charge in [-0.3, -0.25) is 0 Å². The van der Waals surface area contributed by atoms with Gasteiger partial charge in [-0.2, -0.15) is 0 Å². The van der Waals surface area contributed by atoms with E-state index in [1.54, 1.807) is 18.4 Å². The Morgan fingerprint density at radius 1 is 1.50 bits per heavy atom. The van der Waals surface area contributed by atoms with E-state index in [1.807, 2.05) is 0 Å². The molecule has 0 aliphatic rings. The summed E-state index contributed by atoms with van der Waals surface area (Å²) in [5.41, 5.74) is 0. The van der Waals surface area contributed by atoms with Crippen molar-refractivity contribution in [1.82, 2.24) is 0 Å². The molecule has 0 fully saturated rings. The first-order valence-corrected chi connectivity index (χ1v) is 1.40. The third kappa shape index (κ3) is 1.30. The van der Waals surface area contributed by atoms with Crippen molar-refractivity contribution in [3.8, 4) is 0 Å². The van der Waals surface area contributed by atoms with E-state index in [9.17, 15) is 0 Å². The summed E-state index contributed by atoms with van der Waals surface area (Å²) in [6.45, 7) is 0. The average Bonchev–Trinajstić information content (AvgIpc) is 1.76. The predicted molar refractivity (Wildman–Crippen MR) is 27.5 cm³/mol. The Kier molecular flexibility index (Phi) is 2.93. The summed E-state index contributed by atoms with van der Waals surface area (Å²) in [7, 11) is 0. The van der Waals surface area contributed by atoms with E-state index in [2.05, 4.69) is 10.7 Å². The fourth-order valence-corrected chi connectivity index (χ4v) is 0.196. The molecule has 0 unspecified atom stereocenters. The maximum atomic E-state index is 4.46. The average molecular weight is 97.1 g/mol. The molecule has 1 rings (SSSR count). The molecule has 0 aromatic carbocycles. The van der Waals surface area contributed by atoms with E-state index in [1.165, 1.54) is 0 Å². The molecule has 0 atom stereocenters. The molecule has 0 amide bonds. The number of hydrogen-bond acceptors (Lipinski definition) is 1. The maximum Gasteiger partial charge on any atom is 0.187 e. The maximum absolute atomic E-state index is 4.46. The second kappa shape index (κ2) is 3.02. The summed E-state index contributed by atoms with van der Waals surface area (Å²) in [6, 6.07) is 3.49. The first kappa shape index (κ1) is 5.81. The minimum Gasteiger partial charge on any atom is -0.461 e. The van der Waals surface area contributed by atoms with E-state index in [0.29, 0.717) is 0 Å². The molecular weight excluding hydrogens is 91.0 g/mol. The Bertz CT molecular complexity index is 64.0. The predicted octanol–water partition coefficient (Wildman–Crippen LogP) is -0.104. The molecule has 1 aromatic rings. The molecule has 1 aromatic heterocycles. The molecular formula is C4H6AlO. The second-order valence-corrected chi connectivity index (χ2v) is 0.731. The van der Waals surface area contributed by atoms with Gasteiger partial charge in [0.15, 0.2) is 23.6 Å². The molecule has 0 spiro atoms. The standard InChI is InChI=1S/C4H3O.Al.3H/c1-2-4-5-3-1;;;;/h1-3H;;;;. The summed E-state index contributed by atoms with van der Waals surface area (Å²) < 4.78 is 4.46. The van der Waals surface area contributed by atoms with Gasteiger partial charge in [-0.1, -0.05) is 0 Å². The molecule has 1 nitrogen and oxygen atoms in total. The van der Waals surface area contributed by atoms with Crippen LogP contribution in [0.3, 0.4) is 0 Å². The van der Waals surface area contributed by atoms with Crippen LogP contribution in [-0.2, 0) is 0 Å². The van der Waals surface area contributed by atoms with Gasteiger partial charge in [0.2, 0.25) is 0 Å². The normalized spacial score (nSPS) is 6.67. The SMILES string of the molecule is [AlH3].[c]1ccco1. The fourth-order valence-electron chi connectivity index (χ4n) is 0.196. The third-order valence-corrected chi connectivity index (χ3v) is 0.379. The lowest BCUT2D eigenvalue weighted by molar-refractivity contribution is 0.558. The quantitative estimate of drug-likeness (QED) is 0.412. The molecule has 31 valence electrons. The van der Waals surface area contributed by atoms with Crippen LogP contribution in [0.4, 0.5) is 0 Å². The van der Waals surface area contributed by atoms with Gasteiger partial charge in [0.25, 0.3) is 0 Å². The highest BCUT2D eigenvalue weighted by Gasteiger charge is 1.61. The smallest absolute Gasteiger partial charge is 0.187 e. The molecule has 0 aliphatic carbocycles. The molecule has 1 radical (unpaired) electrons. The Balaban J connectivity index is 0.000000250. The fraction of sp³-hybridized carbons (Fsp3) is 0. The minimum atomic E-state index is 0. The van der Waals surface area contributed by atoms with E-state index in [-0.39, 0.29) is 17.4 Å². The molecule has 6 heavy (non-hydrogen) atoms. The number of hydrogen-bond donors (Lipinski definition) is 0. The van der Waals surface area contributed by atoms with Gasteiger partial charge >= 0.3 is 0 Å². The lowest BCUT2D eigenvalue weighted by atomic mass is 10.7. The highest BCUT2D eigenvalue weighted by atomic mass is 27.0. The van der Waals surface area contributed by atoms with Gasteiger partial charge in [-0.05, 0) is 12.1 Å². The Morgan fingerprint density at radius 2 is 2.33 bits per heavy atom. The van der Waals surface area contributed by atoms with Crippen LogP contribution in [0.2, 0.25) is 0 Å². The largest absolute Gasteiger partial charge is 0.461 e. The lowest BCUT2D eigenvalue weighted by Crippen LogP contribution is -1.19. The first-order valence-electron chi connectivity index (χ1n) is 1.40. The van der Waals surface area contributed by atoms with E-state index in [4.69, 9.17) is 0 Å². The third-order valence-electron chi connectivity index (χ3n) is 0.379. The van der Waals surface area contributed by atoms with Crippen LogP contribution >= 0.6 is 0 Å². The van der Waals surface area contributed by atoms with E-state index in [0.717, 1.165) is 0 Å². The molecule has 0 saturated carbocycles. The van der Waals surface area contributed by atoms with Crippen LogP contribution in [0, 0.1) is 6.26 Å². The first-order chi connectivity index (χ1) is 2.50. The molecule has 1 heterocycles. The number of furan rings is 1. The van der Waals surface area contributed by atoms with Crippen molar-refractivity contribution in [2.45, 2.75) is 0 Å². The Hall–Kier alpha value is -0.188. The highest BCUT2D eigenvalue weighted by molar-refractivity contribution is 5.75. The molecule has 0 bridgehead atoms. The molecule has 2 heteroatoms. The minimum absolute atomic E-state index is 0. The van der Waals surface area contributed by atoms with Crippen molar-refractivity contribution >= 4 is 17.4 Å².